The highest BCUT2D eigenvalue weighted by Crippen LogP contribution is 2.33. The van der Waals surface area contributed by atoms with Gasteiger partial charge in [-0.05, 0) is 48.9 Å². The maximum atomic E-state index is 13.5. The first-order valence-electron chi connectivity index (χ1n) is 9.50. The zero-order valence-corrected chi connectivity index (χ0v) is 16.8. The molecule has 1 heterocycles. The smallest absolute Gasteiger partial charge is 0.339 e. The summed E-state index contributed by atoms with van der Waals surface area (Å²) in [5, 5.41) is 28.9. The standard InChI is InChI=1S/C23H17FN4O4/c1-13-20(22(30)28(27-13)17-8-3-6-15(24)12-17)26-25-16-7-2-5-14(11-16)18-9-4-10-19(21(18)29)23(31)32/h2-12,25,29H,1H3,(H,31,32)/b26-20-. The Balaban J connectivity index is 1.59. The Kier molecular flexibility index (Phi) is 5.38. The molecule has 0 unspecified atom stereocenters. The molecule has 0 radical (unpaired) electrons. The van der Waals surface area contributed by atoms with E-state index in [1.807, 2.05) is 0 Å². The van der Waals surface area contributed by atoms with E-state index in [4.69, 9.17) is 0 Å². The van der Waals surface area contributed by atoms with Gasteiger partial charge in [0.2, 0.25) is 0 Å². The number of amides is 1. The van der Waals surface area contributed by atoms with Gasteiger partial charge in [0.1, 0.15) is 17.1 Å². The highest BCUT2D eigenvalue weighted by Gasteiger charge is 2.31. The van der Waals surface area contributed by atoms with Gasteiger partial charge in [0.15, 0.2) is 5.71 Å². The summed E-state index contributed by atoms with van der Waals surface area (Å²) < 4.78 is 13.5. The molecule has 3 aromatic rings. The van der Waals surface area contributed by atoms with E-state index in [1.54, 1.807) is 43.3 Å². The molecule has 8 nitrogen and oxygen atoms in total. The lowest BCUT2D eigenvalue weighted by molar-refractivity contribution is -0.112. The van der Waals surface area contributed by atoms with E-state index in [2.05, 4.69) is 15.6 Å². The number of para-hydroxylation sites is 1. The first-order valence-corrected chi connectivity index (χ1v) is 9.50. The summed E-state index contributed by atoms with van der Waals surface area (Å²) in [6, 6.07) is 16.7. The van der Waals surface area contributed by atoms with E-state index in [9.17, 15) is 24.2 Å². The third-order valence-corrected chi connectivity index (χ3v) is 4.78. The molecule has 0 aliphatic carbocycles. The van der Waals surface area contributed by atoms with Crippen LogP contribution in [0.25, 0.3) is 11.1 Å². The maximum Gasteiger partial charge on any atom is 0.339 e. The molecule has 3 N–H and O–H groups in total. The zero-order valence-electron chi connectivity index (χ0n) is 16.8. The van der Waals surface area contributed by atoms with Gasteiger partial charge in [-0.2, -0.15) is 15.2 Å². The van der Waals surface area contributed by atoms with Crippen molar-refractivity contribution in [3.8, 4) is 16.9 Å². The molecule has 0 aromatic heterocycles. The Hall–Kier alpha value is -4.53. The summed E-state index contributed by atoms with van der Waals surface area (Å²) >= 11 is 0. The van der Waals surface area contributed by atoms with Crippen molar-refractivity contribution >= 4 is 34.7 Å². The number of benzene rings is 3. The lowest BCUT2D eigenvalue weighted by Gasteiger charge is -2.11. The van der Waals surface area contributed by atoms with Crippen LogP contribution in [0.2, 0.25) is 0 Å². The summed E-state index contributed by atoms with van der Waals surface area (Å²) in [5.41, 5.74) is 4.68. The number of carbonyl (C=O) groups excluding carboxylic acids is 1. The molecule has 32 heavy (non-hydrogen) atoms. The molecule has 1 aliphatic heterocycles. The summed E-state index contributed by atoms with van der Waals surface area (Å²) in [5.74, 6) is -2.58. The minimum atomic E-state index is -1.23. The summed E-state index contributed by atoms with van der Waals surface area (Å²) in [4.78, 5) is 24.0. The minimum Gasteiger partial charge on any atom is -0.506 e. The number of nitrogens with one attached hydrogen (secondary N) is 1. The van der Waals surface area contributed by atoms with E-state index >= 15 is 0 Å². The van der Waals surface area contributed by atoms with Gasteiger partial charge in [0.05, 0.1) is 17.1 Å². The van der Waals surface area contributed by atoms with Crippen LogP contribution in [0.1, 0.15) is 17.3 Å². The second kappa shape index (κ2) is 8.31. The van der Waals surface area contributed by atoms with Gasteiger partial charge in [-0.3, -0.25) is 10.2 Å². The van der Waals surface area contributed by atoms with E-state index in [0.29, 0.717) is 22.5 Å². The normalized spacial score (nSPS) is 14.6. The number of phenols is 1. The van der Waals surface area contributed by atoms with Gasteiger partial charge in [0, 0.05) is 5.56 Å². The van der Waals surface area contributed by atoms with Crippen LogP contribution < -0.4 is 10.4 Å². The fourth-order valence-electron chi connectivity index (χ4n) is 3.24. The fourth-order valence-corrected chi connectivity index (χ4v) is 3.24. The lowest BCUT2D eigenvalue weighted by atomic mass is 10.0. The van der Waals surface area contributed by atoms with Crippen LogP contribution in [0.3, 0.4) is 0 Å². The van der Waals surface area contributed by atoms with Gasteiger partial charge in [0.25, 0.3) is 0 Å². The van der Waals surface area contributed by atoms with Crippen molar-refractivity contribution in [3.05, 3.63) is 78.1 Å². The van der Waals surface area contributed by atoms with Crippen LogP contribution in [-0.4, -0.2) is 33.5 Å². The highest BCUT2D eigenvalue weighted by molar-refractivity contribution is 6.71. The van der Waals surface area contributed by atoms with Crippen molar-refractivity contribution in [2.45, 2.75) is 6.92 Å². The van der Waals surface area contributed by atoms with Crippen LogP contribution >= 0.6 is 0 Å². The van der Waals surface area contributed by atoms with E-state index < -0.39 is 17.7 Å². The third kappa shape index (κ3) is 3.91. The van der Waals surface area contributed by atoms with Crippen molar-refractivity contribution in [2.75, 3.05) is 10.4 Å². The molecular formula is C23H17FN4O4. The van der Waals surface area contributed by atoms with Gasteiger partial charge < -0.3 is 10.2 Å². The van der Waals surface area contributed by atoms with Crippen molar-refractivity contribution < 1.29 is 24.2 Å². The van der Waals surface area contributed by atoms with E-state index in [-0.39, 0.29) is 22.7 Å². The molecule has 0 saturated heterocycles. The Morgan fingerprint density at radius 3 is 2.59 bits per heavy atom. The molecule has 1 aliphatic rings. The van der Waals surface area contributed by atoms with Gasteiger partial charge in [-0.25, -0.2) is 9.18 Å². The molecule has 0 saturated carbocycles. The number of hydrazone groups is 2. The number of carboxylic acid groups (broad SMARTS) is 1. The molecule has 3 aromatic carbocycles. The molecule has 160 valence electrons. The highest BCUT2D eigenvalue weighted by atomic mass is 19.1. The van der Waals surface area contributed by atoms with Crippen LogP contribution in [0.15, 0.2) is 76.9 Å². The van der Waals surface area contributed by atoms with Gasteiger partial charge in [-0.15, -0.1) is 0 Å². The summed E-state index contributed by atoms with van der Waals surface area (Å²) in [7, 11) is 0. The molecule has 4 rings (SSSR count). The number of carboxylic acids is 1. The van der Waals surface area contributed by atoms with Crippen LogP contribution in [0.5, 0.6) is 5.75 Å². The van der Waals surface area contributed by atoms with Crippen molar-refractivity contribution in [1.29, 1.82) is 0 Å². The number of halogens is 1. The van der Waals surface area contributed by atoms with Gasteiger partial charge >= 0.3 is 11.9 Å². The second-order valence-corrected chi connectivity index (χ2v) is 6.94. The topological polar surface area (TPSA) is 115 Å². The number of hydrogen-bond donors (Lipinski definition) is 3. The lowest BCUT2D eigenvalue weighted by Crippen LogP contribution is -2.28. The predicted molar refractivity (Wildman–Crippen MR) is 119 cm³/mol. The molecular weight excluding hydrogens is 415 g/mol. The van der Waals surface area contributed by atoms with Gasteiger partial charge in [-0.1, -0.05) is 30.3 Å². The number of nitrogens with zero attached hydrogens (tertiary/aromatic N) is 3. The number of aromatic carboxylic acids is 1. The SMILES string of the molecule is CC1=NN(c2cccc(F)c2)C(=O)/C1=N\Nc1cccc(-c2cccc(C(=O)O)c2O)c1. The molecule has 9 heteroatoms. The molecule has 0 atom stereocenters. The largest absolute Gasteiger partial charge is 0.506 e. The fraction of sp³-hybridized carbons (Fsp3) is 0.0435. The average Bonchev–Trinajstić information content (AvgIpc) is 3.06. The summed E-state index contributed by atoms with van der Waals surface area (Å²) in [6.45, 7) is 1.61. The molecule has 0 spiro atoms. The number of hydrogen-bond acceptors (Lipinski definition) is 6. The molecule has 0 fully saturated rings. The van der Waals surface area contributed by atoms with Crippen molar-refractivity contribution in [3.63, 3.8) is 0 Å². The van der Waals surface area contributed by atoms with Crippen molar-refractivity contribution in [2.24, 2.45) is 10.2 Å². The summed E-state index contributed by atoms with van der Waals surface area (Å²) in [6.07, 6.45) is 0. The molecule has 1 amide bonds. The number of aromatic hydroxyl groups is 1. The monoisotopic (exact) mass is 432 g/mol. The van der Waals surface area contributed by atoms with Crippen LogP contribution in [0, 0.1) is 5.82 Å². The van der Waals surface area contributed by atoms with Crippen molar-refractivity contribution in [1.82, 2.24) is 0 Å². The van der Waals surface area contributed by atoms with Crippen LogP contribution in [0.4, 0.5) is 15.8 Å². The quantitative estimate of drug-likeness (QED) is 0.526. The first kappa shape index (κ1) is 20.7. The first-order chi connectivity index (χ1) is 15.3. The Labute approximate surface area is 181 Å². The number of rotatable bonds is 5. The number of carbonyl (C=O) groups is 2. The third-order valence-electron chi connectivity index (χ3n) is 4.78. The Morgan fingerprint density at radius 2 is 1.84 bits per heavy atom. The molecule has 0 bridgehead atoms. The zero-order chi connectivity index (χ0) is 22.8. The van der Waals surface area contributed by atoms with Crippen LogP contribution in [-0.2, 0) is 4.79 Å². The number of anilines is 2. The Morgan fingerprint density at radius 1 is 1.09 bits per heavy atom. The minimum absolute atomic E-state index is 0.0652. The maximum absolute atomic E-state index is 13.5. The van der Waals surface area contributed by atoms with E-state index in [0.717, 1.165) is 5.01 Å². The Bertz CT molecular complexity index is 1300. The predicted octanol–water partition coefficient (Wildman–Crippen LogP) is 4.09. The second-order valence-electron chi connectivity index (χ2n) is 6.94. The average molecular weight is 432 g/mol. The van der Waals surface area contributed by atoms with E-state index in [1.165, 1.54) is 30.3 Å².